The molecule has 0 aliphatic heterocycles. The highest BCUT2D eigenvalue weighted by Gasteiger charge is 2.07. The highest BCUT2D eigenvalue weighted by Crippen LogP contribution is 2.20. The lowest BCUT2D eigenvalue weighted by atomic mass is 10.1. The van der Waals surface area contributed by atoms with Crippen molar-refractivity contribution in [2.24, 2.45) is 0 Å². The minimum atomic E-state index is 0.00383. The van der Waals surface area contributed by atoms with Crippen molar-refractivity contribution in [2.45, 2.75) is 33.1 Å². The lowest BCUT2D eigenvalue weighted by Crippen LogP contribution is -2.12. The van der Waals surface area contributed by atoms with Crippen molar-refractivity contribution in [2.75, 3.05) is 5.32 Å². The van der Waals surface area contributed by atoms with E-state index in [4.69, 9.17) is 4.42 Å². The summed E-state index contributed by atoms with van der Waals surface area (Å²) >= 11 is 0. The fourth-order valence-corrected chi connectivity index (χ4v) is 2.54. The molecule has 23 heavy (non-hydrogen) atoms. The molecule has 1 N–H and O–H groups in total. The van der Waals surface area contributed by atoms with Gasteiger partial charge in [0.1, 0.15) is 5.52 Å². The summed E-state index contributed by atoms with van der Waals surface area (Å²) < 4.78 is 5.43. The predicted octanol–water partition coefficient (Wildman–Crippen LogP) is 4.27. The first-order chi connectivity index (χ1) is 11.1. The molecule has 3 rings (SSSR count). The molecule has 4 nitrogen and oxygen atoms in total. The van der Waals surface area contributed by atoms with Crippen molar-refractivity contribution in [1.29, 1.82) is 0 Å². The van der Waals surface area contributed by atoms with Gasteiger partial charge in [0.2, 0.25) is 5.91 Å². The molecule has 0 atom stereocenters. The third-order valence-electron chi connectivity index (χ3n) is 3.85. The number of nitrogens with zero attached hydrogens (tertiary/aromatic N) is 1. The first kappa shape index (κ1) is 15.3. The van der Waals surface area contributed by atoms with E-state index in [1.165, 1.54) is 11.1 Å². The first-order valence-electron chi connectivity index (χ1n) is 7.89. The third kappa shape index (κ3) is 3.77. The Hall–Kier alpha value is -2.62. The maximum absolute atomic E-state index is 12.1. The number of nitrogens with one attached hydrogen (secondary N) is 1. The van der Waals surface area contributed by atoms with E-state index in [1.54, 1.807) is 0 Å². The van der Waals surface area contributed by atoms with E-state index in [9.17, 15) is 4.79 Å². The standard InChI is InChI=1S/C19H20N2O2/c1-3-14-4-6-15(7-5-14)8-11-19(22)21-16-9-10-18-17(12-16)20-13(2)23-18/h4-7,9-10,12H,3,8,11H2,1-2H3,(H,21,22). The fraction of sp³-hybridized carbons (Fsp3) is 0.263. The summed E-state index contributed by atoms with van der Waals surface area (Å²) in [4.78, 5) is 16.4. The molecule has 1 aromatic heterocycles. The number of anilines is 1. The summed E-state index contributed by atoms with van der Waals surface area (Å²) in [6, 6.07) is 13.9. The van der Waals surface area contributed by atoms with Crippen LogP contribution in [0.5, 0.6) is 0 Å². The van der Waals surface area contributed by atoms with Crippen molar-refractivity contribution in [3.63, 3.8) is 0 Å². The molecule has 118 valence electrons. The number of carbonyl (C=O) groups excluding carboxylic acids is 1. The van der Waals surface area contributed by atoms with Crippen LogP contribution in [0.15, 0.2) is 46.9 Å². The molecule has 2 aromatic carbocycles. The summed E-state index contributed by atoms with van der Waals surface area (Å²) in [6.45, 7) is 3.94. The van der Waals surface area contributed by atoms with Crippen molar-refractivity contribution in [3.05, 3.63) is 59.5 Å². The number of hydrogen-bond donors (Lipinski definition) is 1. The van der Waals surface area contributed by atoms with Crippen molar-refractivity contribution in [1.82, 2.24) is 4.98 Å². The SMILES string of the molecule is CCc1ccc(CCC(=O)Nc2ccc3oc(C)nc3c2)cc1. The molecule has 0 saturated carbocycles. The van der Waals surface area contributed by atoms with Crippen LogP contribution in [0.4, 0.5) is 5.69 Å². The highest BCUT2D eigenvalue weighted by molar-refractivity contribution is 5.92. The van der Waals surface area contributed by atoms with Crippen LogP contribution in [0.1, 0.15) is 30.4 Å². The molecule has 0 bridgehead atoms. The van der Waals surface area contributed by atoms with Crippen LogP contribution in [-0.2, 0) is 17.6 Å². The van der Waals surface area contributed by atoms with Gasteiger partial charge >= 0.3 is 0 Å². The largest absolute Gasteiger partial charge is 0.441 e. The normalized spacial score (nSPS) is 10.9. The number of fused-ring (bicyclic) bond motifs is 1. The molecule has 0 aliphatic carbocycles. The van der Waals surface area contributed by atoms with E-state index in [2.05, 4.69) is 41.5 Å². The second-order valence-corrected chi connectivity index (χ2v) is 5.63. The van der Waals surface area contributed by atoms with Gasteiger partial charge in [0.25, 0.3) is 0 Å². The summed E-state index contributed by atoms with van der Waals surface area (Å²) in [5, 5.41) is 2.92. The Morgan fingerprint density at radius 3 is 2.61 bits per heavy atom. The number of benzene rings is 2. The molecule has 1 heterocycles. The van der Waals surface area contributed by atoms with E-state index in [-0.39, 0.29) is 5.91 Å². The lowest BCUT2D eigenvalue weighted by molar-refractivity contribution is -0.116. The minimum absolute atomic E-state index is 0.00383. The average Bonchev–Trinajstić information content (AvgIpc) is 2.92. The number of aromatic nitrogens is 1. The molecule has 0 spiro atoms. The highest BCUT2D eigenvalue weighted by atomic mass is 16.3. The van der Waals surface area contributed by atoms with E-state index in [0.29, 0.717) is 12.3 Å². The molecule has 0 radical (unpaired) electrons. The van der Waals surface area contributed by atoms with E-state index < -0.39 is 0 Å². The van der Waals surface area contributed by atoms with Gasteiger partial charge in [-0.25, -0.2) is 4.98 Å². The average molecular weight is 308 g/mol. The maximum atomic E-state index is 12.1. The molecular formula is C19H20N2O2. The number of rotatable bonds is 5. The van der Waals surface area contributed by atoms with Crippen LogP contribution >= 0.6 is 0 Å². The summed E-state index contributed by atoms with van der Waals surface area (Å²) in [5.74, 6) is 0.628. The zero-order valence-electron chi connectivity index (χ0n) is 13.4. The summed E-state index contributed by atoms with van der Waals surface area (Å²) in [5.41, 5.74) is 4.73. The summed E-state index contributed by atoms with van der Waals surface area (Å²) in [7, 11) is 0. The molecular weight excluding hydrogens is 288 g/mol. The van der Waals surface area contributed by atoms with Gasteiger partial charge in [-0.15, -0.1) is 0 Å². The Balaban J connectivity index is 1.59. The maximum Gasteiger partial charge on any atom is 0.224 e. The third-order valence-corrected chi connectivity index (χ3v) is 3.85. The van der Waals surface area contributed by atoms with Gasteiger partial charge in [-0.2, -0.15) is 0 Å². The molecule has 4 heteroatoms. The van der Waals surface area contributed by atoms with Gasteiger partial charge < -0.3 is 9.73 Å². The lowest BCUT2D eigenvalue weighted by Gasteiger charge is -2.06. The molecule has 3 aromatic rings. The van der Waals surface area contributed by atoms with Gasteiger partial charge in [-0.05, 0) is 42.2 Å². The van der Waals surface area contributed by atoms with Crippen molar-refractivity contribution >= 4 is 22.7 Å². The zero-order chi connectivity index (χ0) is 16.2. The Kier molecular flexibility index (Phi) is 4.42. The van der Waals surface area contributed by atoms with Gasteiger partial charge in [0.15, 0.2) is 11.5 Å². The second kappa shape index (κ2) is 6.65. The minimum Gasteiger partial charge on any atom is -0.441 e. The molecule has 0 fully saturated rings. The smallest absolute Gasteiger partial charge is 0.224 e. The number of amides is 1. The zero-order valence-corrected chi connectivity index (χ0v) is 13.4. The van der Waals surface area contributed by atoms with Crippen LogP contribution in [0.3, 0.4) is 0 Å². The predicted molar refractivity (Wildman–Crippen MR) is 91.5 cm³/mol. The Bertz CT molecular complexity index is 819. The monoisotopic (exact) mass is 308 g/mol. The number of aryl methyl sites for hydroxylation is 3. The van der Waals surface area contributed by atoms with Crippen LogP contribution in [0.2, 0.25) is 0 Å². The molecule has 0 aliphatic rings. The van der Waals surface area contributed by atoms with Crippen LogP contribution in [-0.4, -0.2) is 10.9 Å². The van der Waals surface area contributed by atoms with Crippen molar-refractivity contribution in [3.8, 4) is 0 Å². The Morgan fingerprint density at radius 2 is 1.87 bits per heavy atom. The number of carbonyl (C=O) groups is 1. The van der Waals surface area contributed by atoms with Gasteiger partial charge in [-0.3, -0.25) is 4.79 Å². The van der Waals surface area contributed by atoms with E-state index in [0.717, 1.165) is 29.6 Å². The first-order valence-corrected chi connectivity index (χ1v) is 7.89. The van der Waals surface area contributed by atoms with Crippen LogP contribution in [0.25, 0.3) is 11.1 Å². The van der Waals surface area contributed by atoms with E-state index >= 15 is 0 Å². The number of oxazole rings is 1. The quantitative estimate of drug-likeness (QED) is 0.766. The van der Waals surface area contributed by atoms with Gasteiger partial charge in [-0.1, -0.05) is 31.2 Å². The topological polar surface area (TPSA) is 55.1 Å². The van der Waals surface area contributed by atoms with Gasteiger partial charge in [0.05, 0.1) is 0 Å². The summed E-state index contributed by atoms with van der Waals surface area (Å²) in [6.07, 6.45) is 2.23. The Morgan fingerprint density at radius 1 is 1.13 bits per heavy atom. The fourth-order valence-electron chi connectivity index (χ4n) is 2.54. The second-order valence-electron chi connectivity index (χ2n) is 5.63. The van der Waals surface area contributed by atoms with E-state index in [1.807, 2.05) is 25.1 Å². The number of hydrogen-bond acceptors (Lipinski definition) is 3. The molecule has 0 unspecified atom stereocenters. The molecule has 1 amide bonds. The molecule has 0 saturated heterocycles. The van der Waals surface area contributed by atoms with Gasteiger partial charge in [0, 0.05) is 19.0 Å². The van der Waals surface area contributed by atoms with Crippen LogP contribution in [0, 0.1) is 6.92 Å². The van der Waals surface area contributed by atoms with Crippen LogP contribution < -0.4 is 5.32 Å². The van der Waals surface area contributed by atoms with Crippen molar-refractivity contribution < 1.29 is 9.21 Å². The Labute approximate surface area is 135 Å².